The van der Waals surface area contributed by atoms with Gasteiger partial charge in [0.05, 0.1) is 11.1 Å². The summed E-state index contributed by atoms with van der Waals surface area (Å²) in [5.41, 5.74) is 5.77. The number of benzene rings is 3. The van der Waals surface area contributed by atoms with Gasteiger partial charge in [0.15, 0.2) is 5.78 Å². The van der Waals surface area contributed by atoms with Crippen LogP contribution in [0.3, 0.4) is 0 Å². The summed E-state index contributed by atoms with van der Waals surface area (Å²) in [6.07, 6.45) is 2.38. The Hall–Kier alpha value is -3.99. The molecular formula is C29H28N2O3. The molecule has 1 amide bonds. The highest BCUT2D eigenvalue weighted by Crippen LogP contribution is 2.18. The fraction of sp³-hybridized carbons (Fsp3) is 0.207. The lowest BCUT2D eigenvalue weighted by molar-refractivity contribution is -0.116. The lowest BCUT2D eigenvalue weighted by atomic mass is 10.00. The number of hydrogen-bond donors (Lipinski definition) is 1. The van der Waals surface area contributed by atoms with Crippen LogP contribution in [0.4, 0.5) is 5.69 Å². The van der Waals surface area contributed by atoms with E-state index >= 15 is 0 Å². The number of aromatic nitrogens is 1. The van der Waals surface area contributed by atoms with Gasteiger partial charge in [0, 0.05) is 22.8 Å². The van der Waals surface area contributed by atoms with Crippen molar-refractivity contribution in [3.8, 4) is 0 Å². The Balaban J connectivity index is 1.74. The molecule has 0 aliphatic heterocycles. The quantitative estimate of drug-likeness (QED) is 0.401. The molecule has 0 saturated carbocycles. The lowest BCUT2D eigenvalue weighted by Gasteiger charge is -2.14. The number of carbonyl (C=O) groups is 2. The van der Waals surface area contributed by atoms with Crippen molar-refractivity contribution in [2.24, 2.45) is 0 Å². The van der Waals surface area contributed by atoms with Crippen LogP contribution in [0.25, 0.3) is 10.9 Å². The van der Waals surface area contributed by atoms with Crippen LogP contribution in [-0.2, 0) is 17.8 Å². The zero-order chi connectivity index (χ0) is 24.4. The molecule has 0 spiro atoms. The van der Waals surface area contributed by atoms with Crippen LogP contribution in [0.5, 0.6) is 0 Å². The van der Waals surface area contributed by atoms with E-state index in [4.69, 9.17) is 0 Å². The number of ketones is 1. The third kappa shape index (κ3) is 4.69. The molecule has 0 unspecified atom stereocenters. The molecule has 4 aromatic rings. The van der Waals surface area contributed by atoms with Gasteiger partial charge in [-0.15, -0.1) is 0 Å². The number of nitrogens with one attached hydrogen (secondary N) is 1. The molecule has 1 aromatic heterocycles. The zero-order valence-corrected chi connectivity index (χ0v) is 19.9. The molecule has 0 radical (unpaired) electrons. The molecule has 1 heterocycles. The molecule has 4 rings (SSSR count). The largest absolute Gasteiger partial charge is 0.337 e. The van der Waals surface area contributed by atoms with Gasteiger partial charge in [-0.25, -0.2) is 0 Å². The highest BCUT2D eigenvalue weighted by Gasteiger charge is 2.18. The van der Waals surface area contributed by atoms with E-state index < -0.39 is 0 Å². The number of fused-ring (bicyclic) bond motifs is 1. The van der Waals surface area contributed by atoms with E-state index in [0.29, 0.717) is 22.2 Å². The van der Waals surface area contributed by atoms with Gasteiger partial charge in [-0.2, -0.15) is 0 Å². The predicted octanol–water partition coefficient (Wildman–Crippen LogP) is 5.36. The minimum atomic E-state index is -0.348. The highest BCUT2D eigenvalue weighted by molar-refractivity contribution is 6.10. The standard InChI is InChI=1S/C29H28N2O3/c1-5-21-8-10-22(11-9-21)28(33)25-16-31(26-13-6-18(2)14-24(26)29(25)34)17-27(32)30-23-12-7-19(3)20(4)15-23/h6-16H,5,17H2,1-4H3,(H,30,32). The molecule has 1 N–H and O–H groups in total. The van der Waals surface area contributed by atoms with Gasteiger partial charge in [-0.05, 0) is 68.1 Å². The van der Waals surface area contributed by atoms with Gasteiger partial charge < -0.3 is 9.88 Å². The Labute approximate surface area is 199 Å². The fourth-order valence-electron chi connectivity index (χ4n) is 4.03. The Morgan fingerprint density at radius 1 is 0.882 bits per heavy atom. The number of hydrogen-bond acceptors (Lipinski definition) is 3. The third-order valence-electron chi connectivity index (χ3n) is 6.21. The lowest BCUT2D eigenvalue weighted by Crippen LogP contribution is -2.24. The van der Waals surface area contributed by atoms with E-state index in [1.165, 1.54) is 6.20 Å². The second kappa shape index (κ2) is 9.48. The van der Waals surface area contributed by atoms with Crippen molar-refractivity contribution in [1.82, 2.24) is 4.57 Å². The maximum absolute atomic E-state index is 13.3. The predicted molar refractivity (Wildman–Crippen MR) is 137 cm³/mol. The molecular weight excluding hydrogens is 424 g/mol. The van der Waals surface area contributed by atoms with Crippen LogP contribution in [0.2, 0.25) is 0 Å². The number of aryl methyl sites for hydroxylation is 4. The normalized spacial score (nSPS) is 10.9. The second-order valence-corrected chi connectivity index (χ2v) is 8.75. The highest BCUT2D eigenvalue weighted by atomic mass is 16.2. The first kappa shape index (κ1) is 23.2. The van der Waals surface area contributed by atoms with Gasteiger partial charge in [0.1, 0.15) is 6.54 Å². The average molecular weight is 453 g/mol. The first-order valence-corrected chi connectivity index (χ1v) is 11.4. The van der Waals surface area contributed by atoms with E-state index in [2.05, 4.69) is 5.32 Å². The van der Waals surface area contributed by atoms with Gasteiger partial charge >= 0.3 is 0 Å². The van der Waals surface area contributed by atoms with Crippen molar-refractivity contribution in [1.29, 1.82) is 0 Å². The van der Waals surface area contributed by atoms with Crippen LogP contribution >= 0.6 is 0 Å². The molecule has 172 valence electrons. The van der Waals surface area contributed by atoms with Gasteiger partial charge in [-0.1, -0.05) is 48.9 Å². The summed E-state index contributed by atoms with van der Waals surface area (Å²) in [6.45, 7) is 7.93. The summed E-state index contributed by atoms with van der Waals surface area (Å²) in [4.78, 5) is 39.5. The summed E-state index contributed by atoms with van der Waals surface area (Å²) in [7, 11) is 0. The number of anilines is 1. The topological polar surface area (TPSA) is 68.2 Å². The molecule has 0 saturated heterocycles. The van der Waals surface area contributed by atoms with Gasteiger partial charge in [0.25, 0.3) is 0 Å². The molecule has 0 atom stereocenters. The van der Waals surface area contributed by atoms with Crippen LogP contribution in [0.15, 0.2) is 71.7 Å². The smallest absolute Gasteiger partial charge is 0.244 e. The van der Waals surface area contributed by atoms with Crippen molar-refractivity contribution in [3.63, 3.8) is 0 Å². The van der Waals surface area contributed by atoms with Crippen molar-refractivity contribution in [2.45, 2.75) is 40.7 Å². The van der Waals surface area contributed by atoms with E-state index in [9.17, 15) is 14.4 Å². The first-order chi connectivity index (χ1) is 16.3. The minimum absolute atomic E-state index is 0.0260. The summed E-state index contributed by atoms with van der Waals surface area (Å²) >= 11 is 0. The SMILES string of the molecule is CCc1ccc(C(=O)c2cn(CC(=O)Nc3ccc(C)c(C)c3)c3ccc(C)cc3c2=O)cc1. The number of amides is 1. The molecule has 0 fully saturated rings. The zero-order valence-electron chi connectivity index (χ0n) is 19.9. The van der Waals surface area contributed by atoms with Crippen molar-refractivity contribution in [3.05, 3.63) is 110 Å². The van der Waals surface area contributed by atoms with Gasteiger partial charge in [-0.3, -0.25) is 14.4 Å². The monoisotopic (exact) mass is 452 g/mol. The molecule has 0 bridgehead atoms. The average Bonchev–Trinajstić information content (AvgIpc) is 2.83. The van der Waals surface area contributed by atoms with Gasteiger partial charge in [0.2, 0.25) is 11.3 Å². The maximum atomic E-state index is 13.3. The second-order valence-electron chi connectivity index (χ2n) is 8.75. The van der Waals surface area contributed by atoms with Crippen LogP contribution in [0, 0.1) is 20.8 Å². The summed E-state index contributed by atoms with van der Waals surface area (Å²) < 4.78 is 1.68. The Morgan fingerprint density at radius 2 is 1.62 bits per heavy atom. The number of carbonyl (C=O) groups excluding carboxylic acids is 2. The number of pyridine rings is 1. The molecule has 0 aliphatic rings. The number of rotatable bonds is 6. The van der Waals surface area contributed by atoms with Crippen molar-refractivity contribution in [2.75, 3.05) is 5.32 Å². The molecule has 34 heavy (non-hydrogen) atoms. The van der Waals surface area contributed by atoms with E-state index in [1.807, 2.05) is 70.2 Å². The number of nitrogens with zero attached hydrogens (tertiary/aromatic N) is 1. The molecule has 3 aromatic carbocycles. The van der Waals surface area contributed by atoms with E-state index in [-0.39, 0.29) is 29.2 Å². The van der Waals surface area contributed by atoms with Crippen molar-refractivity contribution < 1.29 is 9.59 Å². The van der Waals surface area contributed by atoms with Crippen LogP contribution in [-0.4, -0.2) is 16.3 Å². The minimum Gasteiger partial charge on any atom is -0.337 e. The molecule has 5 nitrogen and oxygen atoms in total. The third-order valence-corrected chi connectivity index (χ3v) is 6.21. The first-order valence-electron chi connectivity index (χ1n) is 11.4. The molecule has 0 aliphatic carbocycles. The maximum Gasteiger partial charge on any atom is 0.244 e. The van der Waals surface area contributed by atoms with Crippen molar-refractivity contribution >= 4 is 28.3 Å². The summed E-state index contributed by atoms with van der Waals surface area (Å²) in [5, 5.41) is 3.35. The summed E-state index contributed by atoms with van der Waals surface area (Å²) in [5.74, 6) is -0.584. The van der Waals surface area contributed by atoms with E-state index in [0.717, 1.165) is 28.7 Å². The van der Waals surface area contributed by atoms with Crippen LogP contribution < -0.4 is 10.7 Å². The Morgan fingerprint density at radius 3 is 2.29 bits per heavy atom. The van der Waals surface area contributed by atoms with Crippen LogP contribution in [0.1, 0.15) is 45.1 Å². The summed E-state index contributed by atoms with van der Waals surface area (Å²) in [6, 6.07) is 18.5. The fourth-order valence-corrected chi connectivity index (χ4v) is 4.03. The Bertz CT molecular complexity index is 1460. The molecule has 5 heteroatoms. The van der Waals surface area contributed by atoms with E-state index in [1.54, 1.807) is 22.8 Å². The Kier molecular flexibility index (Phi) is 6.46.